The van der Waals surface area contributed by atoms with Crippen molar-refractivity contribution in [2.45, 2.75) is 13.8 Å². The lowest BCUT2D eigenvalue weighted by Crippen LogP contribution is -2.36. The molecule has 20 heavy (non-hydrogen) atoms. The fraction of sp³-hybridized carbons (Fsp3) is 0.429. The predicted octanol–water partition coefficient (Wildman–Crippen LogP) is 1.00. The average Bonchev–Trinajstić information content (AvgIpc) is 2.36. The minimum atomic E-state index is -0.450. The van der Waals surface area contributed by atoms with Crippen LogP contribution in [0.1, 0.15) is 24.2 Å². The Labute approximate surface area is 118 Å². The SMILES string of the molecule is COC(=O)c1ccc(N)c(N(CC(N)=O)CC(C)C)c1. The third-order valence-electron chi connectivity index (χ3n) is 2.72. The summed E-state index contributed by atoms with van der Waals surface area (Å²) in [5, 5.41) is 0. The Kier molecular flexibility index (Phi) is 5.37. The summed E-state index contributed by atoms with van der Waals surface area (Å²) in [6.45, 7) is 4.70. The quantitative estimate of drug-likeness (QED) is 0.598. The van der Waals surface area contributed by atoms with Crippen LogP contribution in [0.5, 0.6) is 0 Å². The summed E-state index contributed by atoms with van der Waals surface area (Å²) in [4.78, 5) is 24.5. The lowest BCUT2D eigenvalue weighted by Gasteiger charge is -2.27. The molecule has 0 aromatic heterocycles. The molecule has 0 aliphatic heterocycles. The second-order valence-corrected chi connectivity index (χ2v) is 5.01. The predicted molar refractivity (Wildman–Crippen MR) is 78.4 cm³/mol. The molecule has 0 unspecified atom stereocenters. The number of hydrogen-bond acceptors (Lipinski definition) is 5. The monoisotopic (exact) mass is 279 g/mol. The number of carbonyl (C=O) groups is 2. The summed E-state index contributed by atoms with van der Waals surface area (Å²) in [5.41, 5.74) is 12.7. The van der Waals surface area contributed by atoms with Crippen molar-refractivity contribution in [2.75, 3.05) is 30.8 Å². The molecule has 0 radical (unpaired) electrons. The topological polar surface area (TPSA) is 98.7 Å². The van der Waals surface area contributed by atoms with Crippen LogP contribution in [0.2, 0.25) is 0 Å². The van der Waals surface area contributed by atoms with Gasteiger partial charge in [0.25, 0.3) is 0 Å². The molecule has 0 spiro atoms. The van der Waals surface area contributed by atoms with E-state index in [1.807, 2.05) is 13.8 Å². The van der Waals surface area contributed by atoms with Gasteiger partial charge in [-0.25, -0.2) is 4.79 Å². The normalized spacial score (nSPS) is 10.4. The average molecular weight is 279 g/mol. The first-order valence-corrected chi connectivity index (χ1v) is 6.36. The molecule has 0 fully saturated rings. The van der Waals surface area contributed by atoms with E-state index in [1.165, 1.54) is 7.11 Å². The molecular weight excluding hydrogens is 258 g/mol. The van der Waals surface area contributed by atoms with E-state index in [2.05, 4.69) is 4.74 Å². The number of esters is 1. The first-order chi connectivity index (χ1) is 9.35. The van der Waals surface area contributed by atoms with Gasteiger partial charge in [-0.2, -0.15) is 0 Å². The summed E-state index contributed by atoms with van der Waals surface area (Å²) in [6.07, 6.45) is 0. The maximum absolute atomic E-state index is 11.6. The van der Waals surface area contributed by atoms with E-state index < -0.39 is 11.9 Å². The summed E-state index contributed by atoms with van der Waals surface area (Å²) >= 11 is 0. The van der Waals surface area contributed by atoms with Crippen LogP contribution in [-0.4, -0.2) is 32.1 Å². The molecule has 110 valence electrons. The zero-order valence-electron chi connectivity index (χ0n) is 12.1. The molecule has 6 nitrogen and oxygen atoms in total. The van der Waals surface area contributed by atoms with Crippen LogP contribution in [0, 0.1) is 5.92 Å². The zero-order chi connectivity index (χ0) is 15.3. The highest BCUT2D eigenvalue weighted by Gasteiger charge is 2.16. The van der Waals surface area contributed by atoms with Gasteiger partial charge < -0.3 is 21.1 Å². The Morgan fingerprint density at radius 1 is 1.35 bits per heavy atom. The molecule has 0 saturated carbocycles. The molecule has 0 heterocycles. The van der Waals surface area contributed by atoms with Crippen molar-refractivity contribution in [1.82, 2.24) is 0 Å². The van der Waals surface area contributed by atoms with E-state index in [1.54, 1.807) is 23.1 Å². The van der Waals surface area contributed by atoms with Crippen molar-refractivity contribution in [3.8, 4) is 0 Å². The molecule has 1 rings (SSSR count). The van der Waals surface area contributed by atoms with Gasteiger partial charge in [-0.05, 0) is 24.1 Å². The van der Waals surface area contributed by atoms with Crippen LogP contribution in [0.4, 0.5) is 11.4 Å². The van der Waals surface area contributed by atoms with E-state index in [0.717, 1.165) is 0 Å². The van der Waals surface area contributed by atoms with E-state index >= 15 is 0 Å². The van der Waals surface area contributed by atoms with Gasteiger partial charge in [-0.1, -0.05) is 13.8 Å². The summed E-state index contributed by atoms with van der Waals surface area (Å²) in [5.74, 6) is -0.584. The van der Waals surface area contributed by atoms with Gasteiger partial charge in [0, 0.05) is 6.54 Å². The minimum absolute atomic E-state index is 0.0486. The smallest absolute Gasteiger partial charge is 0.337 e. The number of methoxy groups -OCH3 is 1. The van der Waals surface area contributed by atoms with E-state index in [4.69, 9.17) is 11.5 Å². The lowest BCUT2D eigenvalue weighted by atomic mass is 10.1. The van der Waals surface area contributed by atoms with Crippen LogP contribution in [0.15, 0.2) is 18.2 Å². The number of nitrogen functional groups attached to an aromatic ring is 1. The Hall–Kier alpha value is -2.24. The Balaban J connectivity index is 3.16. The molecule has 4 N–H and O–H groups in total. The van der Waals surface area contributed by atoms with Crippen LogP contribution >= 0.6 is 0 Å². The number of benzene rings is 1. The standard InChI is InChI=1S/C14H21N3O3/c1-9(2)7-17(8-13(16)18)12-6-10(14(19)20-3)4-5-11(12)15/h4-6,9H,7-8,15H2,1-3H3,(H2,16,18). The molecule has 0 saturated heterocycles. The van der Waals surface area contributed by atoms with Crippen molar-refractivity contribution in [2.24, 2.45) is 11.7 Å². The van der Waals surface area contributed by atoms with Gasteiger partial charge in [0.05, 0.1) is 30.6 Å². The molecule has 6 heteroatoms. The van der Waals surface area contributed by atoms with Crippen molar-refractivity contribution in [3.05, 3.63) is 23.8 Å². The third kappa shape index (κ3) is 4.15. The van der Waals surface area contributed by atoms with E-state index in [-0.39, 0.29) is 6.54 Å². The fourth-order valence-corrected chi connectivity index (χ4v) is 1.94. The number of primary amides is 1. The van der Waals surface area contributed by atoms with E-state index in [9.17, 15) is 9.59 Å². The zero-order valence-corrected chi connectivity index (χ0v) is 12.1. The van der Waals surface area contributed by atoms with Crippen LogP contribution in [-0.2, 0) is 9.53 Å². The molecule has 0 atom stereocenters. The second-order valence-electron chi connectivity index (χ2n) is 5.01. The van der Waals surface area contributed by atoms with Gasteiger partial charge in [0.15, 0.2) is 0 Å². The molecule has 1 aromatic rings. The first-order valence-electron chi connectivity index (χ1n) is 6.36. The highest BCUT2D eigenvalue weighted by Crippen LogP contribution is 2.25. The Morgan fingerprint density at radius 3 is 2.50 bits per heavy atom. The summed E-state index contributed by atoms with van der Waals surface area (Å²) < 4.78 is 4.68. The number of rotatable bonds is 6. The fourth-order valence-electron chi connectivity index (χ4n) is 1.94. The van der Waals surface area contributed by atoms with Crippen LogP contribution < -0.4 is 16.4 Å². The lowest BCUT2D eigenvalue weighted by molar-refractivity contribution is -0.116. The molecular formula is C14H21N3O3. The number of nitrogens with zero attached hydrogens (tertiary/aromatic N) is 1. The molecule has 0 bridgehead atoms. The highest BCUT2D eigenvalue weighted by atomic mass is 16.5. The molecule has 1 aromatic carbocycles. The number of ether oxygens (including phenoxy) is 1. The number of carbonyl (C=O) groups excluding carboxylic acids is 2. The highest BCUT2D eigenvalue weighted by molar-refractivity contribution is 5.92. The Bertz CT molecular complexity index is 500. The molecule has 0 aliphatic carbocycles. The van der Waals surface area contributed by atoms with Crippen molar-refractivity contribution in [3.63, 3.8) is 0 Å². The summed E-state index contributed by atoms with van der Waals surface area (Å²) in [6, 6.07) is 4.82. The number of amides is 1. The van der Waals surface area contributed by atoms with Crippen molar-refractivity contribution < 1.29 is 14.3 Å². The summed E-state index contributed by atoms with van der Waals surface area (Å²) in [7, 11) is 1.31. The van der Waals surface area contributed by atoms with Crippen molar-refractivity contribution in [1.29, 1.82) is 0 Å². The number of anilines is 2. The van der Waals surface area contributed by atoms with Gasteiger partial charge in [0.1, 0.15) is 0 Å². The first kappa shape index (κ1) is 15.8. The minimum Gasteiger partial charge on any atom is -0.465 e. The van der Waals surface area contributed by atoms with Gasteiger partial charge in [0.2, 0.25) is 5.91 Å². The van der Waals surface area contributed by atoms with Gasteiger partial charge in [-0.3, -0.25) is 4.79 Å². The van der Waals surface area contributed by atoms with Gasteiger partial charge in [-0.15, -0.1) is 0 Å². The Morgan fingerprint density at radius 2 is 2.00 bits per heavy atom. The molecule has 1 amide bonds. The van der Waals surface area contributed by atoms with Crippen LogP contribution in [0.25, 0.3) is 0 Å². The second kappa shape index (κ2) is 6.79. The van der Waals surface area contributed by atoms with E-state index in [0.29, 0.717) is 29.4 Å². The molecule has 0 aliphatic rings. The van der Waals surface area contributed by atoms with Crippen LogP contribution in [0.3, 0.4) is 0 Å². The number of nitrogens with two attached hydrogens (primary N) is 2. The maximum atomic E-state index is 11.6. The number of hydrogen-bond donors (Lipinski definition) is 2. The maximum Gasteiger partial charge on any atom is 0.337 e. The van der Waals surface area contributed by atoms with Crippen molar-refractivity contribution >= 4 is 23.3 Å². The van der Waals surface area contributed by atoms with Gasteiger partial charge >= 0.3 is 5.97 Å². The third-order valence-corrected chi connectivity index (χ3v) is 2.72. The largest absolute Gasteiger partial charge is 0.465 e.